The van der Waals surface area contributed by atoms with Crippen LogP contribution >= 0.6 is 0 Å². The van der Waals surface area contributed by atoms with E-state index in [-0.39, 0.29) is 57.9 Å². The third-order valence-electron chi connectivity index (χ3n) is 1.86. The smallest absolute Gasteiger partial charge is 0.448 e. The largest absolute Gasteiger partial charge is 1.00 e. The molecular formula is C9H11BF4KN. The monoisotopic (exact) mass is 259 g/mol. The molecule has 16 heavy (non-hydrogen) atoms. The van der Waals surface area contributed by atoms with E-state index in [4.69, 9.17) is 0 Å². The fourth-order valence-electron chi connectivity index (χ4n) is 1.36. The van der Waals surface area contributed by atoms with E-state index in [2.05, 4.69) is 0 Å². The van der Waals surface area contributed by atoms with Gasteiger partial charge >= 0.3 is 58.4 Å². The Bertz CT molecular complexity index is 332. The van der Waals surface area contributed by atoms with E-state index in [1.54, 1.807) is 6.07 Å². The van der Waals surface area contributed by atoms with Crippen LogP contribution in [0.3, 0.4) is 0 Å². The van der Waals surface area contributed by atoms with E-state index in [9.17, 15) is 17.3 Å². The fraction of sp³-hybridized carbons (Fsp3) is 0.333. The molecule has 0 amide bonds. The van der Waals surface area contributed by atoms with E-state index >= 15 is 0 Å². The van der Waals surface area contributed by atoms with Gasteiger partial charge in [0.05, 0.1) is 0 Å². The molecule has 0 aromatic heterocycles. The van der Waals surface area contributed by atoms with Crippen LogP contribution in [0, 0.1) is 5.82 Å². The SMILES string of the molecule is CN(Cc1cccc(F)c1)C[B-](F)(F)F.[K+]. The molecule has 0 atom stereocenters. The Morgan fingerprint density at radius 1 is 1.25 bits per heavy atom. The molecule has 0 N–H and O–H groups in total. The zero-order valence-corrected chi connectivity index (χ0v) is 12.4. The molecule has 0 unspecified atom stereocenters. The normalized spacial score (nSPS) is 11.4. The second-order valence-electron chi connectivity index (χ2n) is 3.54. The maximum absolute atomic E-state index is 12.7. The molecule has 0 saturated carbocycles. The van der Waals surface area contributed by atoms with Gasteiger partial charge in [0.1, 0.15) is 5.82 Å². The number of hydrogen-bond acceptors (Lipinski definition) is 1. The summed E-state index contributed by atoms with van der Waals surface area (Å²) in [6.07, 6.45) is -0.934. The average Bonchev–Trinajstić information content (AvgIpc) is 1.99. The van der Waals surface area contributed by atoms with E-state index in [0.29, 0.717) is 5.56 Å². The predicted octanol–water partition coefficient (Wildman–Crippen LogP) is -0.352. The van der Waals surface area contributed by atoms with E-state index in [1.807, 2.05) is 0 Å². The summed E-state index contributed by atoms with van der Waals surface area (Å²) >= 11 is 0. The summed E-state index contributed by atoms with van der Waals surface area (Å²) in [5.41, 5.74) is 0.539. The standard InChI is InChI=1S/C9H11BF4N.K/c1-15(7-10(12,13)14)6-8-3-2-4-9(11)5-8;/h2-5H,6-7H2,1H3;/q-1;+1. The Morgan fingerprint density at radius 2 is 1.88 bits per heavy atom. The van der Waals surface area contributed by atoms with Crippen molar-refractivity contribution >= 4 is 6.98 Å². The number of hydrogen-bond donors (Lipinski definition) is 0. The quantitative estimate of drug-likeness (QED) is 0.527. The van der Waals surface area contributed by atoms with Crippen LogP contribution in [0.25, 0.3) is 0 Å². The summed E-state index contributed by atoms with van der Waals surface area (Å²) in [6.45, 7) is -4.72. The van der Waals surface area contributed by atoms with Crippen LogP contribution in [0.2, 0.25) is 0 Å². The maximum atomic E-state index is 12.7. The Kier molecular flexibility index (Phi) is 7.40. The van der Waals surface area contributed by atoms with Crippen molar-refractivity contribution in [1.82, 2.24) is 4.90 Å². The van der Waals surface area contributed by atoms with Gasteiger partial charge in [0.2, 0.25) is 0 Å². The predicted molar refractivity (Wildman–Crippen MR) is 51.8 cm³/mol. The first-order valence-electron chi connectivity index (χ1n) is 4.51. The molecule has 1 nitrogen and oxygen atoms in total. The Hall–Kier alpha value is 0.601. The van der Waals surface area contributed by atoms with Gasteiger partial charge in [0.15, 0.2) is 0 Å². The second-order valence-corrected chi connectivity index (χ2v) is 3.54. The number of nitrogens with zero attached hydrogens (tertiary/aromatic N) is 1. The minimum Gasteiger partial charge on any atom is -0.448 e. The van der Waals surface area contributed by atoms with Gasteiger partial charge < -0.3 is 17.8 Å². The molecule has 0 heterocycles. The average molecular weight is 259 g/mol. The van der Waals surface area contributed by atoms with Crippen molar-refractivity contribution in [1.29, 1.82) is 0 Å². The topological polar surface area (TPSA) is 3.24 Å². The van der Waals surface area contributed by atoms with Crippen LogP contribution in [0.1, 0.15) is 5.56 Å². The van der Waals surface area contributed by atoms with Crippen LogP contribution in [0.5, 0.6) is 0 Å². The first-order valence-corrected chi connectivity index (χ1v) is 4.51. The summed E-state index contributed by atoms with van der Waals surface area (Å²) < 4.78 is 48.8. The van der Waals surface area contributed by atoms with Gasteiger partial charge in [-0.15, -0.1) is 0 Å². The van der Waals surface area contributed by atoms with Crippen molar-refractivity contribution in [2.24, 2.45) is 0 Å². The van der Waals surface area contributed by atoms with Crippen LogP contribution < -0.4 is 51.4 Å². The van der Waals surface area contributed by atoms with Crippen LogP contribution in [0.4, 0.5) is 17.3 Å². The molecule has 0 aliphatic rings. The third kappa shape index (κ3) is 7.03. The Balaban J connectivity index is 0.00000225. The molecule has 7 heteroatoms. The summed E-state index contributed by atoms with van der Waals surface area (Å²) in [4.78, 5) is 1.12. The molecule has 0 saturated heterocycles. The Morgan fingerprint density at radius 3 is 2.38 bits per heavy atom. The van der Waals surface area contributed by atoms with Crippen LogP contribution in [0.15, 0.2) is 24.3 Å². The summed E-state index contributed by atoms with van der Waals surface area (Å²) in [5.74, 6) is -0.432. The zero-order valence-electron chi connectivity index (χ0n) is 9.26. The molecule has 1 rings (SSSR count). The van der Waals surface area contributed by atoms with Gasteiger partial charge in [-0.3, -0.25) is 0 Å². The molecule has 0 aliphatic heterocycles. The van der Waals surface area contributed by atoms with Crippen molar-refractivity contribution in [3.05, 3.63) is 35.6 Å². The number of benzene rings is 1. The number of halogens is 4. The third-order valence-corrected chi connectivity index (χ3v) is 1.86. The minimum atomic E-state index is -4.82. The Labute approximate surface area is 135 Å². The van der Waals surface area contributed by atoms with Crippen molar-refractivity contribution < 1.29 is 68.7 Å². The van der Waals surface area contributed by atoms with Crippen molar-refractivity contribution in [3.8, 4) is 0 Å². The fourth-order valence-corrected chi connectivity index (χ4v) is 1.36. The van der Waals surface area contributed by atoms with Crippen molar-refractivity contribution in [2.75, 3.05) is 13.5 Å². The van der Waals surface area contributed by atoms with Crippen LogP contribution in [-0.4, -0.2) is 25.4 Å². The molecule has 0 fully saturated rings. The zero-order chi connectivity index (χ0) is 11.5. The van der Waals surface area contributed by atoms with Gasteiger partial charge in [0.25, 0.3) is 0 Å². The summed E-state index contributed by atoms with van der Waals surface area (Å²) in [7, 11) is 1.36. The van der Waals surface area contributed by atoms with Gasteiger partial charge in [-0.1, -0.05) is 12.1 Å². The van der Waals surface area contributed by atoms with Gasteiger partial charge in [-0.05, 0) is 31.2 Å². The van der Waals surface area contributed by atoms with Gasteiger partial charge in [0, 0.05) is 6.54 Å². The summed E-state index contributed by atoms with van der Waals surface area (Å²) in [6, 6.07) is 5.58. The van der Waals surface area contributed by atoms with Gasteiger partial charge in [-0.2, -0.15) is 0 Å². The molecular weight excluding hydrogens is 248 g/mol. The second kappa shape index (κ2) is 7.13. The number of rotatable bonds is 4. The first kappa shape index (κ1) is 16.6. The minimum absolute atomic E-state index is 0. The maximum Gasteiger partial charge on any atom is 1.00 e. The van der Waals surface area contributed by atoms with E-state index in [0.717, 1.165) is 4.90 Å². The molecule has 84 valence electrons. The van der Waals surface area contributed by atoms with E-state index in [1.165, 1.54) is 25.2 Å². The van der Waals surface area contributed by atoms with Crippen LogP contribution in [-0.2, 0) is 6.54 Å². The van der Waals surface area contributed by atoms with Crippen molar-refractivity contribution in [3.63, 3.8) is 0 Å². The molecule has 0 aliphatic carbocycles. The summed E-state index contributed by atoms with van der Waals surface area (Å²) in [5, 5.41) is 0. The molecule has 0 radical (unpaired) electrons. The van der Waals surface area contributed by atoms with E-state index < -0.39 is 19.2 Å². The first-order chi connectivity index (χ1) is 6.87. The molecule has 0 bridgehead atoms. The van der Waals surface area contributed by atoms with Gasteiger partial charge in [-0.25, -0.2) is 4.39 Å². The molecule has 0 spiro atoms. The van der Waals surface area contributed by atoms with Crippen molar-refractivity contribution in [2.45, 2.75) is 6.54 Å². The molecule has 1 aromatic carbocycles. The molecule has 1 aromatic rings.